The molecule has 4 aromatic rings. The van der Waals surface area contributed by atoms with Crippen LogP contribution in [-0.2, 0) is 19.4 Å². The number of anilines is 1. The summed E-state index contributed by atoms with van der Waals surface area (Å²) in [5.41, 5.74) is 3.33. The minimum Gasteiger partial charge on any atom is -0.288 e. The SMILES string of the molecule is O=C(Nc1ncn(Cc2ccccc2)n1)c1nn(-c2ccc(F)c(F)c2)c2c1CCC2. The summed E-state index contributed by atoms with van der Waals surface area (Å²) in [5.74, 6) is -2.14. The molecule has 1 N–H and O–H groups in total. The molecule has 1 aliphatic rings. The summed E-state index contributed by atoms with van der Waals surface area (Å²) >= 11 is 0. The zero-order chi connectivity index (χ0) is 21.4. The molecule has 1 amide bonds. The van der Waals surface area contributed by atoms with E-state index >= 15 is 0 Å². The molecule has 0 radical (unpaired) electrons. The highest BCUT2D eigenvalue weighted by Crippen LogP contribution is 2.28. The van der Waals surface area contributed by atoms with Gasteiger partial charge in [-0.15, -0.1) is 5.10 Å². The lowest BCUT2D eigenvalue weighted by Gasteiger charge is -2.06. The number of halogens is 2. The van der Waals surface area contributed by atoms with Gasteiger partial charge in [0, 0.05) is 17.3 Å². The van der Waals surface area contributed by atoms with Crippen LogP contribution in [-0.4, -0.2) is 30.5 Å². The van der Waals surface area contributed by atoms with Crippen molar-refractivity contribution in [3.63, 3.8) is 0 Å². The molecule has 0 atom stereocenters. The normalized spacial score (nSPS) is 12.7. The Morgan fingerprint density at radius 2 is 1.87 bits per heavy atom. The van der Waals surface area contributed by atoms with E-state index in [4.69, 9.17) is 0 Å². The van der Waals surface area contributed by atoms with Crippen molar-refractivity contribution in [2.45, 2.75) is 25.8 Å². The number of nitrogens with zero attached hydrogens (tertiary/aromatic N) is 5. The number of aromatic nitrogens is 5. The second-order valence-corrected chi connectivity index (χ2v) is 7.34. The minimum atomic E-state index is -0.959. The average Bonchev–Trinajstić information content (AvgIpc) is 3.48. The minimum absolute atomic E-state index is 0.176. The fourth-order valence-corrected chi connectivity index (χ4v) is 3.81. The molecule has 2 aromatic carbocycles. The van der Waals surface area contributed by atoms with Crippen LogP contribution in [0.2, 0.25) is 0 Å². The predicted octanol–water partition coefficient (Wildman–Crippen LogP) is 3.53. The summed E-state index contributed by atoms with van der Waals surface area (Å²) in [6.45, 7) is 0.532. The van der Waals surface area contributed by atoms with Gasteiger partial charge in [0.25, 0.3) is 5.91 Å². The summed E-state index contributed by atoms with van der Waals surface area (Å²) in [6.07, 6.45) is 3.81. The molecular formula is C22H18F2N6O. The summed E-state index contributed by atoms with van der Waals surface area (Å²) in [4.78, 5) is 17.0. The first-order valence-electron chi connectivity index (χ1n) is 9.89. The van der Waals surface area contributed by atoms with Crippen LogP contribution in [0.3, 0.4) is 0 Å². The number of rotatable bonds is 5. The van der Waals surface area contributed by atoms with E-state index in [0.29, 0.717) is 25.1 Å². The molecule has 9 heteroatoms. The average molecular weight is 420 g/mol. The first kappa shape index (κ1) is 19.1. The number of amides is 1. The zero-order valence-electron chi connectivity index (χ0n) is 16.4. The molecule has 0 fully saturated rings. The molecule has 1 aliphatic carbocycles. The Hall–Kier alpha value is -3.88. The monoisotopic (exact) mass is 420 g/mol. The van der Waals surface area contributed by atoms with Gasteiger partial charge in [-0.05, 0) is 37.0 Å². The summed E-state index contributed by atoms with van der Waals surface area (Å²) in [5, 5.41) is 11.4. The molecule has 0 spiro atoms. The maximum absolute atomic E-state index is 13.7. The van der Waals surface area contributed by atoms with E-state index in [-0.39, 0.29) is 11.6 Å². The molecule has 0 aliphatic heterocycles. The second kappa shape index (κ2) is 7.75. The highest BCUT2D eigenvalue weighted by atomic mass is 19.2. The molecule has 5 rings (SSSR count). The van der Waals surface area contributed by atoms with E-state index in [9.17, 15) is 13.6 Å². The number of benzene rings is 2. The zero-order valence-corrected chi connectivity index (χ0v) is 16.4. The van der Waals surface area contributed by atoms with Gasteiger partial charge >= 0.3 is 0 Å². The van der Waals surface area contributed by atoms with Gasteiger partial charge in [-0.2, -0.15) is 5.10 Å². The van der Waals surface area contributed by atoms with Crippen LogP contribution in [0, 0.1) is 11.6 Å². The lowest BCUT2D eigenvalue weighted by Crippen LogP contribution is -2.16. The third-order valence-corrected chi connectivity index (χ3v) is 5.24. The van der Waals surface area contributed by atoms with Gasteiger partial charge < -0.3 is 0 Å². The number of fused-ring (bicyclic) bond motifs is 1. The molecule has 2 aromatic heterocycles. The van der Waals surface area contributed by atoms with E-state index in [1.165, 1.54) is 10.7 Å². The van der Waals surface area contributed by atoms with Gasteiger partial charge in [0.1, 0.15) is 6.33 Å². The van der Waals surface area contributed by atoms with Crippen molar-refractivity contribution < 1.29 is 13.6 Å². The van der Waals surface area contributed by atoms with Gasteiger partial charge in [-0.25, -0.2) is 23.1 Å². The quantitative estimate of drug-likeness (QED) is 0.536. The molecule has 7 nitrogen and oxygen atoms in total. The van der Waals surface area contributed by atoms with Gasteiger partial charge in [0.05, 0.1) is 12.2 Å². The maximum atomic E-state index is 13.7. The molecule has 2 heterocycles. The van der Waals surface area contributed by atoms with Crippen LogP contribution in [0.25, 0.3) is 5.69 Å². The smallest absolute Gasteiger partial charge is 0.278 e. The van der Waals surface area contributed by atoms with Crippen molar-refractivity contribution in [1.82, 2.24) is 24.5 Å². The molecule has 31 heavy (non-hydrogen) atoms. The Morgan fingerprint density at radius 1 is 1.03 bits per heavy atom. The fraction of sp³-hybridized carbons (Fsp3) is 0.182. The Labute approximate surface area is 176 Å². The van der Waals surface area contributed by atoms with E-state index in [1.54, 1.807) is 11.0 Å². The lowest BCUT2D eigenvalue weighted by molar-refractivity contribution is 0.102. The number of hydrogen-bond acceptors (Lipinski definition) is 4. The fourth-order valence-electron chi connectivity index (χ4n) is 3.81. The van der Waals surface area contributed by atoms with E-state index in [2.05, 4.69) is 20.5 Å². The van der Waals surface area contributed by atoms with Crippen molar-refractivity contribution in [1.29, 1.82) is 0 Å². The van der Waals surface area contributed by atoms with Crippen molar-refractivity contribution in [2.24, 2.45) is 0 Å². The van der Waals surface area contributed by atoms with Crippen LogP contribution < -0.4 is 5.32 Å². The van der Waals surface area contributed by atoms with Crippen molar-refractivity contribution >= 4 is 11.9 Å². The summed E-state index contributed by atoms with van der Waals surface area (Å²) in [7, 11) is 0. The number of hydrogen-bond donors (Lipinski definition) is 1. The number of carbonyl (C=O) groups is 1. The highest BCUT2D eigenvalue weighted by Gasteiger charge is 2.27. The first-order valence-corrected chi connectivity index (χ1v) is 9.89. The topological polar surface area (TPSA) is 77.6 Å². The molecule has 156 valence electrons. The van der Waals surface area contributed by atoms with Gasteiger partial charge in [0.15, 0.2) is 17.3 Å². The Kier molecular flexibility index (Phi) is 4.78. The lowest BCUT2D eigenvalue weighted by atomic mass is 10.2. The van der Waals surface area contributed by atoms with Crippen LogP contribution in [0.15, 0.2) is 54.9 Å². The highest BCUT2D eigenvalue weighted by molar-refractivity contribution is 6.03. The number of nitrogens with one attached hydrogen (secondary N) is 1. The van der Waals surface area contributed by atoms with Gasteiger partial charge in [-0.3, -0.25) is 10.1 Å². The molecule has 0 saturated heterocycles. The maximum Gasteiger partial charge on any atom is 0.278 e. The predicted molar refractivity (Wildman–Crippen MR) is 109 cm³/mol. The van der Waals surface area contributed by atoms with Gasteiger partial charge in [0.2, 0.25) is 5.95 Å². The van der Waals surface area contributed by atoms with Crippen LogP contribution in [0.4, 0.5) is 14.7 Å². The van der Waals surface area contributed by atoms with Crippen molar-refractivity contribution in [3.8, 4) is 5.69 Å². The molecular weight excluding hydrogens is 402 g/mol. The van der Waals surface area contributed by atoms with Crippen molar-refractivity contribution in [2.75, 3.05) is 5.32 Å². The largest absolute Gasteiger partial charge is 0.288 e. The molecule has 0 unspecified atom stereocenters. The first-order chi connectivity index (χ1) is 15.1. The van der Waals surface area contributed by atoms with Crippen LogP contribution >= 0.6 is 0 Å². The van der Waals surface area contributed by atoms with E-state index < -0.39 is 17.5 Å². The molecule has 0 saturated carbocycles. The second-order valence-electron chi connectivity index (χ2n) is 7.34. The Balaban J connectivity index is 1.38. The van der Waals surface area contributed by atoms with Gasteiger partial charge in [-0.1, -0.05) is 30.3 Å². The van der Waals surface area contributed by atoms with Crippen LogP contribution in [0.1, 0.15) is 33.7 Å². The third kappa shape index (κ3) is 3.70. The van der Waals surface area contributed by atoms with Crippen molar-refractivity contribution in [3.05, 3.63) is 89.0 Å². The standard InChI is InChI=1S/C22H18F2N6O/c23-17-10-9-15(11-18(17)24)30-19-8-4-7-16(19)20(27-30)21(31)26-22-25-13-29(28-22)12-14-5-2-1-3-6-14/h1-3,5-6,9-11,13H,4,7-8,12H2,(H,26,28,31). The summed E-state index contributed by atoms with van der Waals surface area (Å²) in [6, 6.07) is 13.4. The third-order valence-electron chi connectivity index (χ3n) is 5.24. The van der Waals surface area contributed by atoms with Crippen LogP contribution in [0.5, 0.6) is 0 Å². The van der Waals surface area contributed by atoms with E-state index in [1.807, 2.05) is 30.3 Å². The summed E-state index contributed by atoms with van der Waals surface area (Å²) < 4.78 is 30.2. The van der Waals surface area contributed by atoms with E-state index in [0.717, 1.165) is 35.4 Å². The molecule has 0 bridgehead atoms. The Morgan fingerprint density at radius 3 is 2.68 bits per heavy atom. The Bertz CT molecular complexity index is 1260. The number of carbonyl (C=O) groups excluding carboxylic acids is 1.